The smallest absolute Gasteiger partial charge is 0.0618 e. The Labute approximate surface area is 95.1 Å². The average Bonchev–Trinajstić information content (AvgIpc) is 2.65. The summed E-state index contributed by atoms with van der Waals surface area (Å²) in [5, 5.41) is 0.968. The Bertz CT molecular complexity index is 573. The van der Waals surface area contributed by atoms with Gasteiger partial charge in [0.25, 0.3) is 0 Å². The van der Waals surface area contributed by atoms with Crippen LogP contribution in [0.5, 0.6) is 0 Å². The molecule has 72 valence electrons. The van der Waals surface area contributed by atoms with Gasteiger partial charge in [-0.1, -0.05) is 17.6 Å². The Morgan fingerprint density at radius 3 is 3.00 bits per heavy atom. The van der Waals surface area contributed by atoms with Crippen molar-refractivity contribution in [2.24, 2.45) is 0 Å². The Hall–Kier alpha value is -1.21. The van der Waals surface area contributed by atoms with Gasteiger partial charge in [0.2, 0.25) is 0 Å². The monoisotopic (exact) mass is 363 g/mol. The van der Waals surface area contributed by atoms with Crippen LogP contribution in [0.25, 0.3) is 16.6 Å². The van der Waals surface area contributed by atoms with Gasteiger partial charge >= 0.3 is 0 Å². The van der Waals surface area contributed by atoms with E-state index in [2.05, 4.69) is 16.0 Å². The summed E-state index contributed by atoms with van der Waals surface area (Å²) in [5.41, 5.74) is 1.84. The van der Waals surface area contributed by atoms with Crippen LogP contribution in [-0.4, -0.2) is 14.4 Å². The second-order valence-corrected chi connectivity index (χ2v) is 2.82. The van der Waals surface area contributed by atoms with Gasteiger partial charge in [-0.25, -0.2) is 0 Å². The maximum Gasteiger partial charge on any atom is 0.0618 e. The van der Waals surface area contributed by atoms with Crippen LogP contribution in [0.3, 0.4) is 0 Å². The van der Waals surface area contributed by atoms with E-state index in [1.54, 1.807) is 18.5 Å². The molecule has 0 unspecified atom stereocenters. The number of hydrogen-bond acceptors (Lipinski definition) is 2. The molecule has 0 saturated carbocycles. The molecule has 0 aliphatic carbocycles. The summed E-state index contributed by atoms with van der Waals surface area (Å²) in [5.74, 6) is 0. The van der Waals surface area contributed by atoms with Gasteiger partial charge in [0, 0.05) is 33.5 Å². The molecule has 0 fully saturated rings. The molecule has 4 heteroatoms. The first-order valence-electron chi connectivity index (χ1n) is 4.03. The van der Waals surface area contributed by atoms with Crippen molar-refractivity contribution < 1.29 is 21.1 Å². The predicted octanol–water partition coefficient (Wildman–Crippen LogP) is 1.68. The van der Waals surface area contributed by atoms with Crippen LogP contribution in [0.1, 0.15) is 0 Å². The van der Waals surface area contributed by atoms with Crippen LogP contribution in [0.15, 0.2) is 36.9 Å². The second kappa shape index (κ2) is 3.50. The van der Waals surface area contributed by atoms with Crippen LogP contribution in [0.4, 0.5) is 0 Å². The van der Waals surface area contributed by atoms with Crippen molar-refractivity contribution in [3.63, 3.8) is 0 Å². The van der Waals surface area contributed by atoms with Crippen molar-refractivity contribution in [3.05, 3.63) is 43.0 Å². The van der Waals surface area contributed by atoms with Gasteiger partial charge < -0.3 is 9.38 Å². The number of pyridine rings is 2. The molecule has 0 N–H and O–H groups in total. The Morgan fingerprint density at radius 2 is 2.07 bits per heavy atom. The van der Waals surface area contributed by atoms with Gasteiger partial charge in [0.15, 0.2) is 0 Å². The Balaban J connectivity index is 0.000000750. The van der Waals surface area contributed by atoms with E-state index in [1.807, 2.05) is 22.9 Å². The van der Waals surface area contributed by atoms with Gasteiger partial charge in [-0.15, -0.1) is 12.1 Å². The first-order valence-corrected chi connectivity index (χ1v) is 4.03. The summed E-state index contributed by atoms with van der Waals surface area (Å²) < 4.78 is 1.96. The Kier molecular flexibility index (Phi) is 2.34. The van der Waals surface area contributed by atoms with Gasteiger partial charge in [0.1, 0.15) is 0 Å². The summed E-state index contributed by atoms with van der Waals surface area (Å²) in [6.45, 7) is 0. The second-order valence-electron chi connectivity index (χ2n) is 2.82. The number of rotatable bonds is 0. The molecule has 0 atom stereocenters. The topological polar surface area (TPSA) is 30.2 Å². The van der Waals surface area contributed by atoms with Crippen molar-refractivity contribution in [2.75, 3.05) is 0 Å². The fraction of sp³-hybridized carbons (Fsp3) is 0. The zero-order valence-electron chi connectivity index (χ0n) is 7.12. The standard InChI is InChI=1S/C10H6N3.Pt/c1-2-8-9(11-4-1)3-6-13-7-5-12-10(8)13;/h1,3-7H;/q-1;. The molecule has 0 aliphatic heterocycles. The van der Waals surface area contributed by atoms with Crippen LogP contribution >= 0.6 is 0 Å². The summed E-state index contributed by atoms with van der Waals surface area (Å²) >= 11 is 0. The van der Waals surface area contributed by atoms with Gasteiger partial charge in [-0.3, -0.25) is 4.98 Å². The molecule has 3 nitrogen and oxygen atoms in total. The SMILES string of the molecule is [Pt].[c-]1ccnc2ccn3ccnc3c12. The molecule has 0 bridgehead atoms. The summed E-state index contributed by atoms with van der Waals surface area (Å²) in [6, 6.07) is 6.90. The third kappa shape index (κ3) is 1.25. The van der Waals surface area contributed by atoms with E-state index in [-0.39, 0.29) is 21.1 Å². The predicted molar refractivity (Wildman–Crippen MR) is 49.3 cm³/mol. The Morgan fingerprint density at radius 1 is 1.14 bits per heavy atom. The summed E-state index contributed by atoms with van der Waals surface area (Å²) in [6.07, 6.45) is 7.37. The molecule has 0 saturated heterocycles. The van der Waals surface area contributed by atoms with E-state index in [1.165, 1.54) is 0 Å². The molecule has 0 aromatic carbocycles. The molecule has 3 rings (SSSR count). The van der Waals surface area contributed by atoms with Crippen LogP contribution in [0.2, 0.25) is 0 Å². The van der Waals surface area contributed by atoms with Crippen molar-refractivity contribution in [1.82, 2.24) is 14.4 Å². The minimum absolute atomic E-state index is 0. The van der Waals surface area contributed by atoms with Gasteiger partial charge in [0.05, 0.1) is 5.65 Å². The molecule has 0 spiro atoms. The van der Waals surface area contributed by atoms with E-state index >= 15 is 0 Å². The molecular weight excluding hydrogens is 357 g/mol. The van der Waals surface area contributed by atoms with Crippen molar-refractivity contribution in [3.8, 4) is 0 Å². The van der Waals surface area contributed by atoms with E-state index in [0.29, 0.717) is 0 Å². The fourth-order valence-electron chi connectivity index (χ4n) is 1.46. The van der Waals surface area contributed by atoms with Crippen molar-refractivity contribution in [1.29, 1.82) is 0 Å². The maximum atomic E-state index is 4.24. The molecular formula is C10H6N3Pt-. The molecule has 0 amide bonds. The normalized spacial score (nSPS) is 10.3. The van der Waals surface area contributed by atoms with Gasteiger partial charge in [-0.05, 0) is 11.7 Å². The summed E-state index contributed by atoms with van der Waals surface area (Å²) in [4.78, 5) is 8.46. The zero-order chi connectivity index (χ0) is 8.67. The van der Waals surface area contributed by atoms with E-state index in [0.717, 1.165) is 16.6 Å². The van der Waals surface area contributed by atoms with Crippen LogP contribution in [-0.2, 0) is 21.1 Å². The molecule has 3 aromatic rings. The molecule has 3 aromatic heterocycles. The minimum Gasteiger partial charge on any atom is -0.352 e. The number of imidazole rings is 1. The average molecular weight is 363 g/mol. The number of nitrogens with zero attached hydrogens (tertiary/aromatic N) is 3. The van der Waals surface area contributed by atoms with Crippen LogP contribution in [0, 0.1) is 6.07 Å². The minimum atomic E-state index is 0. The number of fused-ring (bicyclic) bond motifs is 3. The molecule has 14 heavy (non-hydrogen) atoms. The molecule has 0 radical (unpaired) electrons. The maximum absolute atomic E-state index is 4.24. The zero-order valence-corrected chi connectivity index (χ0v) is 9.39. The first-order chi connectivity index (χ1) is 6.45. The van der Waals surface area contributed by atoms with Crippen molar-refractivity contribution >= 4 is 16.6 Å². The molecule has 3 heterocycles. The molecule has 0 aliphatic rings. The van der Waals surface area contributed by atoms with E-state index < -0.39 is 0 Å². The van der Waals surface area contributed by atoms with Crippen LogP contribution < -0.4 is 0 Å². The third-order valence-corrected chi connectivity index (χ3v) is 2.06. The van der Waals surface area contributed by atoms with E-state index in [9.17, 15) is 0 Å². The van der Waals surface area contributed by atoms with Crippen molar-refractivity contribution in [2.45, 2.75) is 0 Å². The number of aromatic nitrogens is 3. The first kappa shape index (κ1) is 9.35. The number of hydrogen-bond donors (Lipinski definition) is 0. The quantitative estimate of drug-likeness (QED) is 0.569. The third-order valence-electron chi connectivity index (χ3n) is 2.06. The summed E-state index contributed by atoms with van der Waals surface area (Å²) in [7, 11) is 0. The van der Waals surface area contributed by atoms with Gasteiger partial charge in [-0.2, -0.15) is 0 Å². The fourth-order valence-corrected chi connectivity index (χ4v) is 1.46. The largest absolute Gasteiger partial charge is 0.352 e. The van der Waals surface area contributed by atoms with E-state index in [4.69, 9.17) is 0 Å².